The molecule has 0 amide bonds. The van der Waals surface area contributed by atoms with Gasteiger partial charge in [0.1, 0.15) is 0 Å². The lowest BCUT2D eigenvalue weighted by Crippen LogP contribution is -2.23. The summed E-state index contributed by atoms with van der Waals surface area (Å²) in [6.45, 7) is 0.631. The number of nitrogens with zero attached hydrogens (tertiary/aromatic N) is 1. The largest absolute Gasteiger partial charge is 0.397 e. The molecular formula is C10H14F2N2S. The number of hydrogen-bond acceptors (Lipinski definition) is 3. The molecular weight excluding hydrogens is 218 g/mol. The highest BCUT2D eigenvalue weighted by Crippen LogP contribution is 2.27. The molecule has 0 saturated carbocycles. The van der Waals surface area contributed by atoms with Gasteiger partial charge in [-0.15, -0.1) is 0 Å². The van der Waals surface area contributed by atoms with E-state index in [1.807, 2.05) is 6.26 Å². The van der Waals surface area contributed by atoms with Crippen LogP contribution in [0.3, 0.4) is 0 Å². The third-order valence-corrected chi connectivity index (χ3v) is 2.70. The predicted molar refractivity (Wildman–Crippen MR) is 62.4 cm³/mol. The minimum absolute atomic E-state index is 0.143. The van der Waals surface area contributed by atoms with Crippen LogP contribution in [0, 0.1) is 11.6 Å². The first-order chi connectivity index (χ1) is 7.07. The first-order valence-electron chi connectivity index (χ1n) is 4.51. The van der Waals surface area contributed by atoms with E-state index in [1.54, 1.807) is 23.7 Å². The molecule has 1 aromatic rings. The average Bonchev–Trinajstić information content (AvgIpc) is 2.21. The van der Waals surface area contributed by atoms with Gasteiger partial charge in [0, 0.05) is 19.3 Å². The molecule has 2 N–H and O–H groups in total. The van der Waals surface area contributed by atoms with Crippen LogP contribution in [0.1, 0.15) is 0 Å². The van der Waals surface area contributed by atoms with Crippen molar-refractivity contribution in [1.82, 2.24) is 0 Å². The Morgan fingerprint density at radius 3 is 2.67 bits per heavy atom. The predicted octanol–water partition coefficient (Wildman–Crippen LogP) is 2.35. The quantitative estimate of drug-likeness (QED) is 0.808. The second-order valence-electron chi connectivity index (χ2n) is 3.21. The lowest BCUT2D eigenvalue weighted by Gasteiger charge is -2.21. The highest BCUT2D eigenvalue weighted by Gasteiger charge is 2.15. The summed E-state index contributed by atoms with van der Waals surface area (Å²) in [4.78, 5) is 1.63. The van der Waals surface area contributed by atoms with Crippen LogP contribution in [0.4, 0.5) is 20.2 Å². The molecule has 15 heavy (non-hydrogen) atoms. The normalized spacial score (nSPS) is 10.4. The van der Waals surface area contributed by atoms with E-state index in [9.17, 15) is 8.78 Å². The van der Waals surface area contributed by atoms with Crippen molar-refractivity contribution in [3.8, 4) is 0 Å². The number of rotatable bonds is 4. The van der Waals surface area contributed by atoms with Gasteiger partial charge >= 0.3 is 0 Å². The fraction of sp³-hybridized carbons (Fsp3) is 0.400. The number of hydrogen-bond donors (Lipinski definition) is 1. The van der Waals surface area contributed by atoms with E-state index in [-0.39, 0.29) is 11.4 Å². The molecule has 2 nitrogen and oxygen atoms in total. The molecule has 0 bridgehead atoms. The zero-order chi connectivity index (χ0) is 11.4. The van der Waals surface area contributed by atoms with Gasteiger partial charge in [-0.3, -0.25) is 0 Å². The SMILES string of the molecule is CSCCN(C)c1c(N)ccc(F)c1F. The fourth-order valence-electron chi connectivity index (χ4n) is 1.28. The Kier molecular flexibility index (Phi) is 4.20. The maximum absolute atomic E-state index is 13.4. The van der Waals surface area contributed by atoms with E-state index in [0.29, 0.717) is 6.54 Å². The Morgan fingerprint density at radius 2 is 2.07 bits per heavy atom. The zero-order valence-corrected chi connectivity index (χ0v) is 9.57. The van der Waals surface area contributed by atoms with E-state index in [0.717, 1.165) is 11.8 Å². The summed E-state index contributed by atoms with van der Waals surface area (Å²) in [5.74, 6) is -0.903. The minimum Gasteiger partial charge on any atom is -0.397 e. The Bertz CT molecular complexity index is 344. The fourth-order valence-corrected chi connectivity index (χ4v) is 1.74. The first kappa shape index (κ1) is 12.1. The molecule has 5 heteroatoms. The molecule has 0 aliphatic heterocycles. The van der Waals surface area contributed by atoms with Crippen LogP contribution in [-0.4, -0.2) is 25.6 Å². The Hall–Kier alpha value is -0.970. The van der Waals surface area contributed by atoms with Crippen molar-refractivity contribution in [2.75, 3.05) is 36.2 Å². The molecule has 0 unspecified atom stereocenters. The van der Waals surface area contributed by atoms with Gasteiger partial charge in [-0.2, -0.15) is 11.8 Å². The van der Waals surface area contributed by atoms with E-state index >= 15 is 0 Å². The third kappa shape index (κ3) is 2.75. The molecule has 0 heterocycles. The Balaban J connectivity index is 2.96. The summed E-state index contributed by atoms with van der Waals surface area (Å²) >= 11 is 1.64. The van der Waals surface area contributed by atoms with Crippen molar-refractivity contribution in [3.63, 3.8) is 0 Å². The van der Waals surface area contributed by atoms with Crippen LogP contribution in [0.5, 0.6) is 0 Å². The summed E-state index contributed by atoms with van der Waals surface area (Å²) in [5, 5.41) is 0. The van der Waals surface area contributed by atoms with Crippen molar-refractivity contribution in [3.05, 3.63) is 23.8 Å². The van der Waals surface area contributed by atoms with E-state index < -0.39 is 11.6 Å². The molecule has 0 spiro atoms. The Labute approximate surface area is 92.4 Å². The van der Waals surface area contributed by atoms with Crippen molar-refractivity contribution >= 4 is 23.1 Å². The summed E-state index contributed by atoms with van der Waals surface area (Å²) in [6.07, 6.45) is 1.96. The molecule has 0 radical (unpaired) electrons. The minimum atomic E-state index is -0.876. The number of nitrogens with two attached hydrogens (primary N) is 1. The van der Waals surface area contributed by atoms with Crippen LogP contribution < -0.4 is 10.6 Å². The lowest BCUT2D eigenvalue weighted by atomic mass is 10.2. The highest BCUT2D eigenvalue weighted by molar-refractivity contribution is 7.98. The monoisotopic (exact) mass is 232 g/mol. The smallest absolute Gasteiger partial charge is 0.184 e. The van der Waals surface area contributed by atoms with Crippen molar-refractivity contribution in [2.45, 2.75) is 0 Å². The van der Waals surface area contributed by atoms with Crippen LogP contribution in [0.2, 0.25) is 0 Å². The van der Waals surface area contributed by atoms with Crippen LogP contribution in [-0.2, 0) is 0 Å². The lowest BCUT2D eigenvalue weighted by molar-refractivity contribution is 0.508. The summed E-state index contributed by atoms with van der Waals surface area (Å²) in [5.41, 5.74) is 6.01. The Morgan fingerprint density at radius 1 is 1.40 bits per heavy atom. The number of thioether (sulfide) groups is 1. The number of nitrogen functional groups attached to an aromatic ring is 1. The van der Waals surface area contributed by atoms with Crippen LogP contribution >= 0.6 is 11.8 Å². The second-order valence-corrected chi connectivity index (χ2v) is 4.20. The summed E-state index contributed by atoms with van der Waals surface area (Å²) < 4.78 is 26.4. The number of benzene rings is 1. The molecule has 1 rings (SSSR count). The molecule has 1 aromatic carbocycles. The molecule has 0 aliphatic carbocycles. The van der Waals surface area contributed by atoms with E-state index in [1.165, 1.54) is 6.07 Å². The topological polar surface area (TPSA) is 29.3 Å². The van der Waals surface area contributed by atoms with E-state index in [2.05, 4.69) is 0 Å². The van der Waals surface area contributed by atoms with Gasteiger partial charge in [0.2, 0.25) is 0 Å². The van der Waals surface area contributed by atoms with Gasteiger partial charge in [-0.1, -0.05) is 0 Å². The number of anilines is 2. The molecule has 0 fully saturated rings. The summed E-state index contributed by atoms with van der Waals surface area (Å²) in [6, 6.07) is 2.42. The van der Waals surface area contributed by atoms with Crippen molar-refractivity contribution < 1.29 is 8.78 Å². The molecule has 0 atom stereocenters. The van der Waals surface area contributed by atoms with Gasteiger partial charge in [-0.25, -0.2) is 8.78 Å². The third-order valence-electron chi connectivity index (χ3n) is 2.11. The maximum Gasteiger partial charge on any atom is 0.184 e. The summed E-state index contributed by atoms with van der Waals surface area (Å²) in [7, 11) is 1.70. The second kappa shape index (κ2) is 5.21. The van der Waals surface area contributed by atoms with Crippen LogP contribution in [0.15, 0.2) is 12.1 Å². The average molecular weight is 232 g/mol. The molecule has 0 aliphatic rings. The zero-order valence-electron chi connectivity index (χ0n) is 8.76. The highest BCUT2D eigenvalue weighted by atomic mass is 32.2. The van der Waals surface area contributed by atoms with Crippen molar-refractivity contribution in [1.29, 1.82) is 0 Å². The number of halogens is 2. The van der Waals surface area contributed by atoms with Gasteiger partial charge in [-0.05, 0) is 18.4 Å². The van der Waals surface area contributed by atoms with Gasteiger partial charge < -0.3 is 10.6 Å². The molecule has 0 aromatic heterocycles. The van der Waals surface area contributed by atoms with Gasteiger partial charge in [0.05, 0.1) is 11.4 Å². The maximum atomic E-state index is 13.4. The van der Waals surface area contributed by atoms with Crippen LogP contribution in [0.25, 0.3) is 0 Å². The van der Waals surface area contributed by atoms with Crippen molar-refractivity contribution in [2.24, 2.45) is 0 Å². The van der Waals surface area contributed by atoms with E-state index in [4.69, 9.17) is 5.73 Å². The van der Waals surface area contributed by atoms with Gasteiger partial charge in [0.25, 0.3) is 0 Å². The van der Waals surface area contributed by atoms with Gasteiger partial charge in [0.15, 0.2) is 11.6 Å². The molecule has 84 valence electrons. The molecule has 0 saturated heterocycles. The first-order valence-corrected chi connectivity index (χ1v) is 5.91. The standard InChI is InChI=1S/C10H14F2N2S/c1-14(5-6-15-2)10-8(13)4-3-7(11)9(10)12/h3-4H,5-6,13H2,1-2H3.